The molecule has 0 bridgehead atoms. The lowest BCUT2D eigenvalue weighted by Crippen LogP contribution is -3.00. The summed E-state index contributed by atoms with van der Waals surface area (Å²) in [5, 5.41) is 11.8. The van der Waals surface area contributed by atoms with Crippen LogP contribution in [-0.2, 0) is 0 Å². The molecule has 0 fully saturated rings. The molecule has 1 aliphatic rings. The van der Waals surface area contributed by atoms with E-state index in [1.54, 1.807) is 11.3 Å². The molecule has 128 valence electrons. The fourth-order valence-electron chi connectivity index (χ4n) is 3.07. The zero-order valence-corrected chi connectivity index (χ0v) is 16.4. The maximum absolute atomic E-state index is 4.84. The van der Waals surface area contributed by atoms with E-state index in [2.05, 4.69) is 41.4 Å². The number of hydrogen-bond acceptors (Lipinski definition) is 5. The molecule has 5 nitrogen and oxygen atoms in total. The average molecular weight is 416 g/mol. The molecule has 0 aliphatic carbocycles. The quantitative estimate of drug-likeness (QED) is 0.591. The Bertz CT molecular complexity index is 854. The van der Waals surface area contributed by atoms with Crippen molar-refractivity contribution >= 4 is 28.0 Å². The van der Waals surface area contributed by atoms with E-state index in [-0.39, 0.29) is 17.0 Å². The highest BCUT2D eigenvalue weighted by molar-refractivity contribution is 7.13. The van der Waals surface area contributed by atoms with E-state index in [4.69, 9.17) is 5.10 Å². The van der Waals surface area contributed by atoms with Gasteiger partial charge in [-0.1, -0.05) is 62.5 Å². The molecule has 25 heavy (non-hydrogen) atoms. The second-order valence-electron chi connectivity index (χ2n) is 5.68. The van der Waals surface area contributed by atoms with Crippen LogP contribution in [0.15, 0.2) is 77.3 Å². The van der Waals surface area contributed by atoms with E-state index in [1.165, 1.54) is 0 Å². The average Bonchev–Trinajstić information content (AvgIpc) is 3.24. The van der Waals surface area contributed by atoms with E-state index in [1.807, 2.05) is 60.1 Å². The van der Waals surface area contributed by atoms with Crippen molar-refractivity contribution in [1.29, 1.82) is 0 Å². The molecule has 4 rings (SSSR count). The Morgan fingerprint density at radius 1 is 0.960 bits per heavy atom. The Kier molecular flexibility index (Phi) is 4.89. The van der Waals surface area contributed by atoms with Crippen LogP contribution >= 0.6 is 11.3 Å². The smallest absolute Gasteiger partial charge is 0.319 e. The monoisotopic (exact) mass is 415 g/mol. The van der Waals surface area contributed by atoms with Crippen molar-refractivity contribution in [2.75, 3.05) is 19.2 Å². The zero-order chi connectivity index (χ0) is 16.6. The first-order valence-electron chi connectivity index (χ1n) is 7.72. The van der Waals surface area contributed by atoms with Crippen molar-refractivity contribution in [3.63, 3.8) is 0 Å². The normalized spacial score (nSPS) is 19.5. The van der Waals surface area contributed by atoms with Gasteiger partial charge in [-0.05, 0) is 24.3 Å². The summed E-state index contributed by atoms with van der Waals surface area (Å²) >= 11 is 1.63. The van der Waals surface area contributed by atoms with Gasteiger partial charge in [0.25, 0.3) is 5.84 Å². The van der Waals surface area contributed by atoms with Gasteiger partial charge in [0, 0.05) is 11.6 Å². The number of aromatic nitrogens is 1. The van der Waals surface area contributed by atoms with Gasteiger partial charge in [0.05, 0.1) is 12.6 Å². The summed E-state index contributed by atoms with van der Waals surface area (Å²) in [6.07, 6.45) is 1.84. The molecule has 2 aromatic carbocycles. The van der Waals surface area contributed by atoms with Gasteiger partial charge >= 0.3 is 5.13 Å². The fraction of sp³-hybridized carbons (Fsp3) is 0.111. The summed E-state index contributed by atoms with van der Waals surface area (Å²) in [4.78, 5) is 4.60. The summed E-state index contributed by atoms with van der Waals surface area (Å²) in [5.41, 5.74) is 2.15. The number of benzene rings is 2. The number of quaternary nitrogens is 1. The van der Waals surface area contributed by atoms with Gasteiger partial charge in [-0.25, -0.2) is 0 Å². The second-order valence-corrected chi connectivity index (χ2v) is 6.55. The van der Waals surface area contributed by atoms with Crippen molar-refractivity contribution in [2.45, 2.75) is 0 Å². The van der Waals surface area contributed by atoms with Gasteiger partial charge < -0.3 is 17.0 Å². The standard InChI is InChI=1S/C18H18N5S.BrH/c1-21-20-17(15-9-5-3-6-10-15)23(2,18-19-13-14-24-18)22(21)16-11-7-4-8-12-16;/h3-14H,1-2H3;1H/q+1;/p-1. The van der Waals surface area contributed by atoms with Gasteiger partial charge in [0.15, 0.2) is 0 Å². The Morgan fingerprint density at radius 2 is 1.60 bits per heavy atom. The highest BCUT2D eigenvalue weighted by Crippen LogP contribution is 2.37. The minimum atomic E-state index is 0. The molecule has 0 saturated carbocycles. The number of hydrazine groups is 1. The van der Waals surface area contributed by atoms with E-state index >= 15 is 0 Å². The van der Waals surface area contributed by atoms with Crippen LogP contribution in [0.3, 0.4) is 0 Å². The molecule has 0 saturated heterocycles. The number of para-hydroxylation sites is 1. The molecule has 1 unspecified atom stereocenters. The third-order valence-corrected chi connectivity index (χ3v) is 5.05. The van der Waals surface area contributed by atoms with Gasteiger partial charge in [-0.2, -0.15) is 10.1 Å². The lowest BCUT2D eigenvalue weighted by atomic mass is 10.2. The Labute approximate surface area is 161 Å². The number of hydrogen-bond donors (Lipinski definition) is 0. The summed E-state index contributed by atoms with van der Waals surface area (Å²) in [5.74, 6) is 0.942. The first-order chi connectivity index (χ1) is 11.7. The van der Waals surface area contributed by atoms with Crippen LogP contribution in [0.5, 0.6) is 0 Å². The SMILES string of the molecule is CN1N=C(c2ccccc2)[N+](C)(c2nccs2)N1c1ccccc1.[Br-]. The molecular formula is C18H18BrN5S. The van der Waals surface area contributed by atoms with Crippen molar-refractivity contribution in [3.05, 3.63) is 77.8 Å². The topological polar surface area (TPSA) is 31.7 Å². The molecule has 1 aliphatic heterocycles. The van der Waals surface area contributed by atoms with Crippen LogP contribution in [0.1, 0.15) is 5.56 Å². The van der Waals surface area contributed by atoms with Gasteiger partial charge in [0.1, 0.15) is 12.7 Å². The third-order valence-electron chi connectivity index (χ3n) is 4.12. The van der Waals surface area contributed by atoms with E-state index in [9.17, 15) is 0 Å². The first-order valence-corrected chi connectivity index (χ1v) is 8.59. The van der Waals surface area contributed by atoms with Gasteiger partial charge in [-0.3, -0.25) is 0 Å². The molecule has 2 heterocycles. The van der Waals surface area contributed by atoms with Crippen molar-refractivity contribution in [3.8, 4) is 0 Å². The Morgan fingerprint density at radius 3 is 2.20 bits per heavy atom. The molecule has 0 amide bonds. The maximum Gasteiger partial charge on any atom is 0.319 e. The Balaban J connectivity index is 0.00000182. The third kappa shape index (κ3) is 2.84. The number of halogens is 1. The molecule has 3 aromatic rings. The predicted molar refractivity (Wildman–Crippen MR) is 99.5 cm³/mol. The number of hydrazone groups is 1. The number of amidine groups is 1. The summed E-state index contributed by atoms with van der Waals surface area (Å²) in [7, 11) is 4.09. The van der Waals surface area contributed by atoms with Gasteiger partial charge in [0.2, 0.25) is 0 Å². The summed E-state index contributed by atoms with van der Waals surface area (Å²) in [6, 6.07) is 20.5. The lowest BCUT2D eigenvalue weighted by molar-refractivity contribution is -0.00000483. The molecule has 0 radical (unpaired) electrons. The van der Waals surface area contributed by atoms with E-state index in [0.717, 1.165) is 22.2 Å². The minimum absolute atomic E-state index is 0. The van der Waals surface area contributed by atoms with Crippen LogP contribution in [0.2, 0.25) is 0 Å². The van der Waals surface area contributed by atoms with Crippen LogP contribution in [0.4, 0.5) is 10.8 Å². The van der Waals surface area contributed by atoms with Crippen molar-refractivity contribution in [2.24, 2.45) is 5.10 Å². The molecular weight excluding hydrogens is 398 g/mol. The number of anilines is 1. The molecule has 1 atom stereocenters. The van der Waals surface area contributed by atoms with Crippen molar-refractivity contribution < 1.29 is 17.0 Å². The number of thiazole rings is 1. The van der Waals surface area contributed by atoms with Gasteiger partial charge in [-0.15, -0.1) is 0 Å². The number of rotatable bonds is 3. The Hall–Kier alpha value is -2.22. The van der Waals surface area contributed by atoms with E-state index < -0.39 is 0 Å². The molecule has 7 heteroatoms. The predicted octanol–water partition coefficient (Wildman–Crippen LogP) is 0.728. The maximum atomic E-state index is 4.84. The summed E-state index contributed by atoms with van der Waals surface area (Å²) < 4.78 is 0.377. The van der Waals surface area contributed by atoms with Crippen LogP contribution in [0.25, 0.3) is 0 Å². The highest BCUT2D eigenvalue weighted by atomic mass is 79.9. The largest absolute Gasteiger partial charge is 1.00 e. The van der Waals surface area contributed by atoms with E-state index in [0.29, 0.717) is 4.59 Å². The number of nitrogens with zero attached hydrogens (tertiary/aromatic N) is 5. The van der Waals surface area contributed by atoms with Crippen molar-refractivity contribution in [1.82, 2.24) is 14.7 Å². The lowest BCUT2D eigenvalue weighted by Gasteiger charge is -2.36. The minimum Gasteiger partial charge on any atom is -1.00 e. The molecule has 0 N–H and O–H groups in total. The highest BCUT2D eigenvalue weighted by Gasteiger charge is 2.50. The van der Waals surface area contributed by atoms with Crippen LogP contribution in [0, 0.1) is 0 Å². The summed E-state index contributed by atoms with van der Waals surface area (Å²) in [6.45, 7) is 0. The zero-order valence-electron chi connectivity index (χ0n) is 14.0. The van der Waals surface area contributed by atoms with Crippen LogP contribution in [-0.4, -0.2) is 30.0 Å². The molecule has 0 spiro atoms. The fourth-order valence-corrected chi connectivity index (χ4v) is 3.81. The molecule has 1 aromatic heterocycles. The second kappa shape index (κ2) is 6.95. The first kappa shape index (κ1) is 17.6. The van der Waals surface area contributed by atoms with Crippen LogP contribution < -0.4 is 26.7 Å².